The Balaban J connectivity index is 1.32. The standard InChI is InChI=1S/C52H54N4O6/c1-51(2,3)43-29-59-49(55-43)39-21-13-15-23-41(39)53-27-35-25-33-17-9-11-19-37(33)45(47(35)61-31-57-7)46-38-20-12-10-18-34(38)26-36(48(46)62-32-58-8)28-54-42-24-16-14-22-40(42)50-56-44(30-60-50)52(4,5)6/h9-28,43-44H,29-32H2,1-8H3/t43-,44-/m1/s1. The minimum atomic E-state index is -0.0332. The second-order valence-electron chi connectivity index (χ2n) is 17.7. The molecular weight excluding hydrogens is 777 g/mol. The fourth-order valence-corrected chi connectivity index (χ4v) is 7.68. The van der Waals surface area contributed by atoms with Gasteiger partial charge in [0.15, 0.2) is 13.6 Å². The maximum Gasteiger partial charge on any atom is 0.218 e. The first-order valence-electron chi connectivity index (χ1n) is 21.0. The number of ether oxygens (including phenoxy) is 6. The van der Waals surface area contributed by atoms with Crippen molar-refractivity contribution < 1.29 is 28.4 Å². The van der Waals surface area contributed by atoms with Crippen LogP contribution in [0.25, 0.3) is 32.7 Å². The molecule has 0 saturated heterocycles. The number of methoxy groups -OCH3 is 2. The Morgan fingerprint density at radius 2 is 0.952 bits per heavy atom. The highest BCUT2D eigenvalue weighted by atomic mass is 16.7. The molecule has 318 valence electrons. The molecule has 0 radical (unpaired) electrons. The van der Waals surface area contributed by atoms with Crippen LogP contribution in [0.15, 0.2) is 129 Å². The van der Waals surface area contributed by atoms with Crippen molar-refractivity contribution in [2.24, 2.45) is 30.8 Å². The van der Waals surface area contributed by atoms with Gasteiger partial charge in [-0.1, -0.05) is 114 Å². The van der Waals surface area contributed by atoms with Gasteiger partial charge in [-0.2, -0.15) is 0 Å². The van der Waals surface area contributed by atoms with Crippen LogP contribution >= 0.6 is 0 Å². The van der Waals surface area contributed by atoms with E-state index in [0.717, 1.165) is 66.3 Å². The number of hydrogen-bond donors (Lipinski definition) is 0. The average molecular weight is 831 g/mol. The molecule has 0 amide bonds. The van der Waals surface area contributed by atoms with Gasteiger partial charge in [-0.05, 0) is 68.8 Å². The molecule has 6 aromatic carbocycles. The molecule has 0 aliphatic carbocycles. The summed E-state index contributed by atoms with van der Waals surface area (Å²) >= 11 is 0. The molecule has 6 aromatic rings. The number of benzene rings is 6. The maximum atomic E-state index is 6.62. The van der Waals surface area contributed by atoms with Crippen LogP contribution in [0.5, 0.6) is 11.5 Å². The third-order valence-electron chi connectivity index (χ3n) is 11.2. The molecule has 0 aromatic heterocycles. The molecule has 0 saturated carbocycles. The van der Waals surface area contributed by atoms with Crippen LogP contribution in [0.4, 0.5) is 11.4 Å². The monoisotopic (exact) mass is 830 g/mol. The van der Waals surface area contributed by atoms with Crippen molar-refractivity contribution in [3.63, 3.8) is 0 Å². The molecule has 2 heterocycles. The van der Waals surface area contributed by atoms with Gasteiger partial charge in [0.05, 0.1) is 34.6 Å². The summed E-state index contributed by atoms with van der Waals surface area (Å²) in [5.41, 5.74) is 6.15. The number of fused-ring (bicyclic) bond motifs is 2. The van der Waals surface area contributed by atoms with Gasteiger partial charge in [-0.3, -0.25) is 9.98 Å². The molecular formula is C52H54N4O6. The second-order valence-corrected chi connectivity index (χ2v) is 17.7. The van der Waals surface area contributed by atoms with Crippen molar-refractivity contribution in [1.82, 2.24) is 0 Å². The predicted octanol–water partition coefficient (Wildman–Crippen LogP) is 11.5. The third kappa shape index (κ3) is 8.84. The van der Waals surface area contributed by atoms with E-state index in [1.54, 1.807) is 14.2 Å². The van der Waals surface area contributed by atoms with Gasteiger partial charge >= 0.3 is 0 Å². The van der Waals surface area contributed by atoms with Gasteiger partial charge in [0.1, 0.15) is 24.7 Å². The van der Waals surface area contributed by atoms with E-state index in [1.807, 2.05) is 85.2 Å². The Labute approximate surface area is 364 Å². The van der Waals surface area contributed by atoms with Crippen LogP contribution < -0.4 is 9.47 Å². The largest absolute Gasteiger partial charge is 0.475 e. The quantitative estimate of drug-likeness (QED) is 0.0848. The van der Waals surface area contributed by atoms with Crippen molar-refractivity contribution in [2.45, 2.75) is 53.6 Å². The summed E-state index contributed by atoms with van der Waals surface area (Å²) in [6, 6.07) is 36.6. The van der Waals surface area contributed by atoms with Crippen molar-refractivity contribution in [3.8, 4) is 22.6 Å². The lowest BCUT2D eigenvalue weighted by atomic mass is 9.88. The van der Waals surface area contributed by atoms with E-state index >= 15 is 0 Å². The van der Waals surface area contributed by atoms with Gasteiger partial charge in [0.2, 0.25) is 11.8 Å². The van der Waals surface area contributed by atoms with Crippen LogP contribution in [-0.2, 0) is 18.9 Å². The Hall–Kier alpha value is -6.36. The summed E-state index contributed by atoms with van der Waals surface area (Å²) in [7, 11) is 3.22. The lowest BCUT2D eigenvalue weighted by Gasteiger charge is -2.22. The van der Waals surface area contributed by atoms with Crippen LogP contribution in [0.3, 0.4) is 0 Å². The van der Waals surface area contributed by atoms with E-state index in [0.29, 0.717) is 36.5 Å². The van der Waals surface area contributed by atoms with Crippen molar-refractivity contribution >= 4 is 57.1 Å². The van der Waals surface area contributed by atoms with E-state index in [-0.39, 0.29) is 36.5 Å². The van der Waals surface area contributed by atoms with E-state index in [1.165, 1.54) is 0 Å². The van der Waals surface area contributed by atoms with Gasteiger partial charge in [-0.15, -0.1) is 0 Å². The fourth-order valence-electron chi connectivity index (χ4n) is 7.68. The Morgan fingerprint density at radius 3 is 1.34 bits per heavy atom. The van der Waals surface area contributed by atoms with Crippen LogP contribution in [0.2, 0.25) is 0 Å². The number of rotatable bonds is 13. The Morgan fingerprint density at radius 1 is 0.565 bits per heavy atom. The number of nitrogens with zero attached hydrogens (tertiary/aromatic N) is 4. The zero-order valence-corrected chi connectivity index (χ0v) is 36.8. The first-order chi connectivity index (χ1) is 29.9. The molecule has 2 atom stereocenters. The minimum absolute atomic E-state index is 0.00619. The molecule has 2 aliphatic rings. The van der Waals surface area contributed by atoms with E-state index < -0.39 is 0 Å². The summed E-state index contributed by atoms with van der Waals surface area (Å²) in [6.45, 7) is 14.1. The highest BCUT2D eigenvalue weighted by Crippen LogP contribution is 2.48. The third-order valence-corrected chi connectivity index (χ3v) is 11.2. The van der Waals surface area contributed by atoms with E-state index in [9.17, 15) is 0 Å². The van der Waals surface area contributed by atoms with Gasteiger partial charge < -0.3 is 28.4 Å². The van der Waals surface area contributed by atoms with Gasteiger partial charge in [0.25, 0.3) is 0 Å². The molecule has 10 nitrogen and oxygen atoms in total. The van der Waals surface area contributed by atoms with E-state index in [2.05, 4.69) is 77.9 Å². The molecule has 8 rings (SSSR count). The molecule has 62 heavy (non-hydrogen) atoms. The summed E-state index contributed by atoms with van der Waals surface area (Å²) in [5.74, 6) is 2.34. The smallest absolute Gasteiger partial charge is 0.218 e. The lowest BCUT2D eigenvalue weighted by Crippen LogP contribution is -2.25. The summed E-state index contributed by atoms with van der Waals surface area (Å²) in [5, 5.41) is 3.88. The Kier molecular flexibility index (Phi) is 12.2. The van der Waals surface area contributed by atoms with Crippen molar-refractivity contribution in [2.75, 3.05) is 41.0 Å². The van der Waals surface area contributed by atoms with E-state index in [4.69, 9.17) is 48.4 Å². The van der Waals surface area contributed by atoms with Crippen LogP contribution in [0.1, 0.15) is 63.8 Å². The minimum Gasteiger partial charge on any atom is -0.475 e. The van der Waals surface area contributed by atoms with Gasteiger partial charge in [0, 0.05) is 48.9 Å². The molecule has 0 spiro atoms. The summed E-state index contributed by atoms with van der Waals surface area (Å²) in [6.07, 6.45) is 3.68. The number of hydrogen-bond acceptors (Lipinski definition) is 10. The first-order valence-corrected chi connectivity index (χ1v) is 21.0. The maximum absolute atomic E-state index is 6.62. The fraction of sp³-hybridized carbons (Fsp3) is 0.308. The van der Waals surface area contributed by atoms with Crippen molar-refractivity contribution in [3.05, 3.63) is 131 Å². The van der Waals surface area contributed by atoms with Crippen molar-refractivity contribution in [1.29, 1.82) is 0 Å². The SMILES string of the molecule is COCOc1c(C=Nc2ccccc2C2=N[C@@H](C(C)(C)C)CO2)cc2ccccc2c1-c1c(OCOC)c(C=Nc2ccccc2C2=N[C@@H](C(C)(C)C)CO2)cc2ccccc12. The zero-order chi connectivity index (χ0) is 43.4. The van der Waals surface area contributed by atoms with Crippen LogP contribution in [0, 0.1) is 10.8 Å². The Bertz CT molecular complexity index is 2540. The zero-order valence-electron chi connectivity index (χ0n) is 36.8. The number of para-hydroxylation sites is 2. The van der Waals surface area contributed by atoms with Gasteiger partial charge in [-0.25, -0.2) is 9.98 Å². The molecule has 0 N–H and O–H groups in total. The normalized spacial score (nSPS) is 16.8. The topological polar surface area (TPSA) is 105 Å². The predicted molar refractivity (Wildman–Crippen MR) is 251 cm³/mol. The highest BCUT2D eigenvalue weighted by Gasteiger charge is 2.33. The first kappa shape index (κ1) is 42.3. The average Bonchev–Trinajstić information content (AvgIpc) is 3.98. The molecule has 10 heteroatoms. The number of aliphatic imine (C=N–C) groups is 4. The summed E-state index contributed by atoms with van der Waals surface area (Å²) < 4.78 is 36.7. The van der Waals surface area contributed by atoms with Crippen LogP contribution in [-0.4, -0.2) is 77.3 Å². The molecule has 0 fully saturated rings. The molecule has 2 aliphatic heterocycles. The second kappa shape index (κ2) is 17.9. The lowest BCUT2D eigenvalue weighted by molar-refractivity contribution is 0.0501. The molecule has 0 unspecified atom stereocenters. The highest BCUT2D eigenvalue weighted by molar-refractivity contribution is 6.15. The summed E-state index contributed by atoms with van der Waals surface area (Å²) in [4.78, 5) is 20.1. The molecule has 0 bridgehead atoms.